The maximum atomic E-state index is 3.58. The molecule has 0 aromatic rings. The van der Waals surface area contributed by atoms with Crippen LogP contribution in [0.1, 0.15) is 26.2 Å². The molecule has 15 heavy (non-hydrogen) atoms. The molecule has 0 aromatic heterocycles. The highest BCUT2D eigenvalue weighted by atomic mass is 15.2. The zero-order chi connectivity index (χ0) is 11.1. The fraction of sp³-hybridized carbons (Fsp3) is 1.00. The van der Waals surface area contributed by atoms with Gasteiger partial charge in [0.15, 0.2) is 0 Å². The van der Waals surface area contributed by atoms with Gasteiger partial charge in [0.2, 0.25) is 0 Å². The fourth-order valence-corrected chi connectivity index (χ4v) is 2.33. The smallest absolute Gasteiger partial charge is 0.0220 e. The van der Waals surface area contributed by atoms with Gasteiger partial charge in [0.05, 0.1) is 0 Å². The fourth-order valence-electron chi connectivity index (χ4n) is 2.33. The Labute approximate surface area is 94.8 Å². The summed E-state index contributed by atoms with van der Waals surface area (Å²) in [6, 6.07) is 0.800. The average Bonchev–Trinajstić information content (AvgIpc) is 2.64. The van der Waals surface area contributed by atoms with Crippen LogP contribution in [0.3, 0.4) is 0 Å². The summed E-state index contributed by atoms with van der Waals surface area (Å²) in [5.74, 6) is 0. The van der Waals surface area contributed by atoms with Crippen molar-refractivity contribution in [2.75, 3.05) is 46.8 Å². The molecule has 1 N–H and O–H groups in total. The van der Waals surface area contributed by atoms with Crippen LogP contribution < -0.4 is 5.32 Å². The quantitative estimate of drug-likeness (QED) is 0.637. The second-order valence-corrected chi connectivity index (χ2v) is 4.79. The van der Waals surface area contributed by atoms with Crippen LogP contribution in [0, 0.1) is 0 Å². The highest BCUT2D eigenvalue weighted by Crippen LogP contribution is 2.15. The summed E-state index contributed by atoms with van der Waals surface area (Å²) in [5, 5.41) is 3.58. The molecule has 0 amide bonds. The molecule has 1 rings (SSSR count). The van der Waals surface area contributed by atoms with E-state index in [2.05, 4.69) is 36.1 Å². The first-order chi connectivity index (χ1) is 7.24. The summed E-state index contributed by atoms with van der Waals surface area (Å²) in [7, 11) is 4.27. The van der Waals surface area contributed by atoms with Crippen LogP contribution in [0.4, 0.5) is 0 Å². The summed E-state index contributed by atoms with van der Waals surface area (Å²) in [6.07, 6.45) is 4.03. The van der Waals surface area contributed by atoms with E-state index < -0.39 is 0 Å². The maximum Gasteiger partial charge on any atom is 0.0220 e. The number of likely N-dealkylation sites (tertiary alicyclic amines) is 1. The van der Waals surface area contributed by atoms with Gasteiger partial charge in [-0.2, -0.15) is 0 Å². The molecule has 0 bridgehead atoms. The van der Waals surface area contributed by atoms with E-state index in [0.717, 1.165) is 12.6 Å². The molecule has 1 unspecified atom stereocenters. The molecule has 0 aromatic carbocycles. The Morgan fingerprint density at radius 1 is 1.40 bits per heavy atom. The molecule has 0 saturated carbocycles. The standard InChI is InChI=1S/C12H27N3/c1-4-15-10-5-7-12(15)11-13-8-6-9-14(2)3/h12-13H,4-11H2,1-3H3. The Kier molecular flexibility index (Phi) is 6.22. The zero-order valence-corrected chi connectivity index (χ0v) is 10.6. The van der Waals surface area contributed by atoms with Crippen molar-refractivity contribution in [2.24, 2.45) is 0 Å². The van der Waals surface area contributed by atoms with E-state index in [4.69, 9.17) is 0 Å². The van der Waals surface area contributed by atoms with Crippen molar-refractivity contribution in [1.29, 1.82) is 0 Å². The monoisotopic (exact) mass is 213 g/mol. The van der Waals surface area contributed by atoms with E-state index in [-0.39, 0.29) is 0 Å². The molecule has 90 valence electrons. The first-order valence-electron chi connectivity index (χ1n) is 6.33. The van der Waals surface area contributed by atoms with Gasteiger partial charge in [-0.1, -0.05) is 6.92 Å². The predicted octanol–water partition coefficient (Wildman–Crippen LogP) is 1.01. The number of nitrogens with zero attached hydrogens (tertiary/aromatic N) is 2. The average molecular weight is 213 g/mol. The van der Waals surface area contributed by atoms with E-state index in [0.29, 0.717) is 0 Å². The van der Waals surface area contributed by atoms with Crippen molar-refractivity contribution in [1.82, 2.24) is 15.1 Å². The molecular weight excluding hydrogens is 186 g/mol. The first kappa shape index (κ1) is 12.9. The van der Waals surface area contributed by atoms with Gasteiger partial charge in [-0.25, -0.2) is 0 Å². The highest BCUT2D eigenvalue weighted by molar-refractivity contribution is 4.79. The lowest BCUT2D eigenvalue weighted by Gasteiger charge is -2.23. The normalized spacial score (nSPS) is 22.8. The van der Waals surface area contributed by atoms with Crippen LogP contribution in [0.15, 0.2) is 0 Å². The molecule has 1 heterocycles. The van der Waals surface area contributed by atoms with E-state index in [9.17, 15) is 0 Å². The molecule has 0 spiro atoms. The SMILES string of the molecule is CCN1CCCC1CNCCCN(C)C. The number of hydrogen-bond donors (Lipinski definition) is 1. The maximum absolute atomic E-state index is 3.58. The number of nitrogens with one attached hydrogen (secondary N) is 1. The predicted molar refractivity (Wildman–Crippen MR) is 66.3 cm³/mol. The van der Waals surface area contributed by atoms with E-state index in [1.54, 1.807) is 0 Å². The van der Waals surface area contributed by atoms with Crippen LogP contribution in [-0.2, 0) is 0 Å². The van der Waals surface area contributed by atoms with Crippen molar-refractivity contribution < 1.29 is 0 Å². The van der Waals surface area contributed by atoms with E-state index >= 15 is 0 Å². The van der Waals surface area contributed by atoms with Crippen LogP contribution in [0.2, 0.25) is 0 Å². The van der Waals surface area contributed by atoms with Gasteiger partial charge < -0.3 is 10.2 Å². The van der Waals surface area contributed by atoms with Gasteiger partial charge >= 0.3 is 0 Å². The molecule has 0 aliphatic carbocycles. The lowest BCUT2D eigenvalue weighted by atomic mass is 10.2. The Balaban J connectivity index is 1.99. The molecule has 1 atom stereocenters. The summed E-state index contributed by atoms with van der Waals surface area (Å²) >= 11 is 0. The van der Waals surface area contributed by atoms with Gasteiger partial charge in [-0.05, 0) is 59.5 Å². The Bertz CT molecular complexity index is 159. The largest absolute Gasteiger partial charge is 0.315 e. The zero-order valence-electron chi connectivity index (χ0n) is 10.6. The van der Waals surface area contributed by atoms with Gasteiger partial charge in [-0.15, -0.1) is 0 Å². The molecule has 1 saturated heterocycles. The minimum absolute atomic E-state index is 0.800. The van der Waals surface area contributed by atoms with Crippen LogP contribution >= 0.6 is 0 Å². The summed E-state index contributed by atoms with van der Waals surface area (Å²) in [5.41, 5.74) is 0. The van der Waals surface area contributed by atoms with Crippen molar-refractivity contribution in [3.63, 3.8) is 0 Å². The van der Waals surface area contributed by atoms with Crippen LogP contribution in [0.25, 0.3) is 0 Å². The molecule has 3 heteroatoms. The van der Waals surface area contributed by atoms with E-state index in [1.165, 1.54) is 45.4 Å². The number of rotatable bonds is 7. The Morgan fingerprint density at radius 2 is 2.20 bits per heavy atom. The summed E-state index contributed by atoms with van der Waals surface area (Å²) in [4.78, 5) is 4.84. The second-order valence-electron chi connectivity index (χ2n) is 4.79. The number of likely N-dealkylation sites (N-methyl/N-ethyl adjacent to an activating group) is 1. The van der Waals surface area contributed by atoms with Crippen molar-refractivity contribution >= 4 is 0 Å². The van der Waals surface area contributed by atoms with Gasteiger partial charge in [0.25, 0.3) is 0 Å². The lowest BCUT2D eigenvalue weighted by molar-refractivity contribution is 0.259. The Morgan fingerprint density at radius 3 is 2.87 bits per heavy atom. The van der Waals surface area contributed by atoms with Crippen molar-refractivity contribution in [3.8, 4) is 0 Å². The topological polar surface area (TPSA) is 18.5 Å². The first-order valence-corrected chi connectivity index (χ1v) is 6.33. The van der Waals surface area contributed by atoms with E-state index in [1.807, 2.05) is 0 Å². The third kappa shape index (κ3) is 4.96. The van der Waals surface area contributed by atoms with Crippen LogP contribution in [-0.4, -0.2) is 62.7 Å². The van der Waals surface area contributed by atoms with Gasteiger partial charge in [-0.3, -0.25) is 4.90 Å². The minimum Gasteiger partial charge on any atom is -0.315 e. The van der Waals surface area contributed by atoms with Crippen LogP contribution in [0.5, 0.6) is 0 Å². The molecule has 1 fully saturated rings. The van der Waals surface area contributed by atoms with Crippen molar-refractivity contribution in [2.45, 2.75) is 32.2 Å². The molecule has 3 nitrogen and oxygen atoms in total. The third-order valence-corrected chi connectivity index (χ3v) is 3.24. The molecule has 1 aliphatic heterocycles. The van der Waals surface area contributed by atoms with Gasteiger partial charge in [0.1, 0.15) is 0 Å². The molecule has 0 radical (unpaired) electrons. The second kappa shape index (κ2) is 7.20. The van der Waals surface area contributed by atoms with Gasteiger partial charge in [0, 0.05) is 12.6 Å². The third-order valence-electron chi connectivity index (χ3n) is 3.24. The minimum atomic E-state index is 0.800. The van der Waals surface area contributed by atoms with Crippen molar-refractivity contribution in [3.05, 3.63) is 0 Å². The Hall–Kier alpha value is -0.120. The number of hydrogen-bond acceptors (Lipinski definition) is 3. The molecule has 1 aliphatic rings. The lowest BCUT2D eigenvalue weighted by Crippen LogP contribution is -2.38. The highest BCUT2D eigenvalue weighted by Gasteiger charge is 2.21. The summed E-state index contributed by atoms with van der Waals surface area (Å²) < 4.78 is 0. The summed E-state index contributed by atoms with van der Waals surface area (Å²) in [6.45, 7) is 8.32. The molecular formula is C12H27N3.